The van der Waals surface area contributed by atoms with Crippen LogP contribution in [-0.4, -0.2) is 43.2 Å². The fraction of sp³-hybridized carbons (Fsp3) is 0.909. The number of nitrogens with one attached hydrogen (secondary N) is 1. The minimum Gasteiger partial charge on any atom is -0.385 e. The van der Waals surface area contributed by atoms with Crippen molar-refractivity contribution < 1.29 is 9.53 Å². The van der Waals surface area contributed by atoms with E-state index in [1.807, 2.05) is 6.92 Å². The van der Waals surface area contributed by atoms with E-state index in [4.69, 9.17) is 10.5 Å². The molecule has 2 atom stereocenters. The quantitative estimate of drug-likeness (QED) is 0.598. The molecule has 0 heterocycles. The number of ether oxygens (including phenoxy) is 1. The van der Waals surface area contributed by atoms with Gasteiger partial charge in [0.05, 0.1) is 5.25 Å². The Balaban J connectivity index is 3.64. The van der Waals surface area contributed by atoms with Crippen molar-refractivity contribution in [2.24, 2.45) is 5.73 Å². The highest BCUT2D eigenvalue weighted by Gasteiger charge is 2.15. The second-order valence-electron chi connectivity index (χ2n) is 3.80. The number of thioether (sulfide) groups is 1. The Kier molecular flexibility index (Phi) is 9.77. The molecule has 0 aliphatic heterocycles. The number of nitrogens with two attached hydrogens (primary N) is 1. The number of hydrogen-bond acceptors (Lipinski definition) is 4. The molecule has 3 N–H and O–H groups in total. The topological polar surface area (TPSA) is 64.3 Å². The summed E-state index contributed by atoms with van der Waals surface area (Å²) in [6.45, 7) is 6.08. The number of hydrogen-bond donors (Lipinski definition) is 2. The van der Waals surface area contributed by atoms with Gasteiger partial charge < -0.3 is 15.8 Å². The van der Waals surface area contributed by atoms with E-state index in [2.05, 4.69) is 12.2 Å². The van der Waals surface area contributed by atoms with Crippen molar-refractivity contribution in [1.82, 2.24) is 5.32 Å². The number of methoxy groups -OCH3 is 1. The van der Waals surface area contributed by atoms with Crippen LogP contribution in [0.2, 0.25) is 0 Å². The number of amides is 1. The molecule has 0 aromatic carbocycles. The molecule has 0 spiro atoms. The summed E-state index contributed by atoms with van der Waals surface area (Å²) in [4.78, 5) is 11.6. The van der Waals surface area contributed by atoms with Gasteiger partial charge in [-0.15, -0.1) is 11.8 Å². The smallest absolute Gasteiger partial charge is 0.232 e. The molecule has 0 aliphatic rings. The molecule has 0 aromatic heterocycles. The van der Waals surface area contributed by atoms with Crippen LogP contribution in [0.5, 0.6) is 0 Å². The Morgan fingerprint density at radius 1 is 1.50 bits per heavy atom. The van der Waals surface area contributed by atoms with Crippen molar-refractivity contribution in [2.75, 3.05) is 26.8 Å². The van der Waals surface area contributed by atoms with Crippen LogP contribution in [0.15, 0.2) is 0 Å². The van der Waals surface area contributed by atoms with Crippen molar-refractivity contribution >= 4 is 17.7 Å². The largest absolute Gasteiger partial charge is 0.385 e. The Hall–Kier alpha value is -0.260. The third-order valence-electron chi connectivity index (χ3n) is 2.20. The Morgan fingerprint density at radius 3 is 2.75 bits per heavy atom. The highest BCUT2D eigenvalue weighted by Crippen LogP contribution is 2.19. The first-order chi connectivity index (χ1) is 7.61. The van der Waals surface area contributed by atoms with E-state index in [0.717, 1.165) is 12.8 Å². The third-order valence-corrected chi connectivity index (χ3v) is 3.53. The molecule has 0 radical (unpaired) electrons. The summed E-state index contributed by atoms with van der Waals surface area (Å²) in [6.07, 6.45) is 1.81. The summed E-state index contributed by atoms with van der Waals surface area (Å²) < 4.78 is 4.91. The lowest BCUT2D eigenvalue weighted by Gasteiger charge is -2.16. The van der Waals surface area contributed by atoms with Crippen molar-refractivity contribution in [3.8, 4) is 0 Å². The molecule has 0 aromatic rings. The fourth-order valence-corrected chi connectivity index (χ4v) is 2.46. The maximum absolute atomic E-state index is 11.6. The molecule has 0 saturated carbocycles. The van der Waals surface area contributed by atoms with Gasteiger partial charge in [-0.25, -0.2) is 0 Å². The lowest BCUT2D eigenvalue weighted by molar-refractivity contribution is -0.120. The van der Waals surface area contributed by atoms with E-state index >= 15 is 0 Å². The zero-order valence-electron chi connectivity index (χ0n) is 10.5. The lowest BCUT2D eigenvalue weighted by Crippen LogP contribution is -2.33. The molecule has 5 heteroatoms. The van der Waals surface area contributed by atoms with Gasteiger partial charge in [0.1, 0.15) is 0 Å². The van der Waals surface area contributed by atoms with Crippen LogP contribution in [0.3, 0.4) is 0 Å². The average Bonchev–Trinajstić information content (AvgIpc) is 2.24. The zero-order chi connectivity index (χ0) is 12.4. The van der Waals surface area contributed by atoms with Crippen molar-refractivity contribution in [2.45, 2.75) is 37.2 Å². The minimum absolute atomic E-state index is 0.0101. The van der Waals surface area contributed by atoms with E-state index in [-0.39, 0.29) is 11.2 Å². The van der Waals surface area contributed by atoms with Crippen LogP contribution in [0.1, 0.15) is 26.7 Å². The van der Waals surface area contributed by atoms with Crippen LogP contribution in [-0.2, 0) is 9.53 Å². The standard InChI is InChI=1S/C11H24N2O2S/c1-9(5-6-12)16-10(2)11(14)13-7-4-8-15-3/h9-10H,4-8,12H2,1-3H3,(H,13,14). The van der Waals surface area contributed by atoms with Gasteiger partial charge in [-0.2, -0.15) is 0 Å². The Morgan fingerprint density at radius 2 is 2.19 bits per heavy atom. The summed E-state index contributed by atoms with van der Waals surface area (Å²) in [5, 5.41) is 3.32. The highest BCUT2D eigenvalue weighted by molar-refractivity contribution is 8.01. The van der Waals surface area contributed by atoms with Gasteiger partial charge in [0.2, 0.25) is 5.91 Å². The molecule has 1 amide bonds. The summed E-state index contributed by atoms with van der Waals surface area (Å²) in [6, 6.07) is 0. The molecule has 16 heavy (non-hydrogen) atoms. The van der Waals surface area contributed by atoms with Crippen LogP contribution >= 0.6 is 11.8 Å². The predicted octanol–water partition coefficient (Wildman–Crippen LogP) is 0.998. The fourth-order valence-electron chi connectivity index (χ4n) is 1.28. The van der Waals surface area contributed by atoms with Gasteiger partial charge in [-0.05, 0) is 26.3 Å². The van der Waals surface area contributed by atoms with Gasteiger partial charge >= 0.3 is 0 Å². The van der Waals surface area contributed by atoms with E-state index in [9.17, 15) is 4.79 Å². The van der Waals surface area contributed by atoms with Gasteiger partial charge in [0.25, 0.3) is 0 Å². The van der Waals surface area contributed by atoms with E-state index in [0.29, 0.717) is 24.9 Å². The molecule has 0 fully saturated rings. The second-order valence-corrected chi connectivity index (χ2v) is 5.59. The van der Waals surface area contributed by atoms with Gasteiger partial charge in [0.15, 0.2) is 0 Å². The molecule has 0 rings (SSSR count). The number of rotatable bonds is 9. The van der Waals surface area contributed by atoms with E-state index < -0.39 is 0 Å². The Bertz CT molecular complexity index is 191. The zero-order valence-corrected chi connectivity index (χ0v) is 11.3. The summed E-state index contributed by atoms with van der Waals surface area (Å²) in [5.74, 6) is 0.102. The molecule has 96 valence electrons. The molecule has 0 saturated heterocycles. The molecule has 0 bridgehead atoms. The number of carbonyl (C=O) groups is 1. The van der Waals surface area contributed by atoms with Crippen LogP contribution in [0, 0.1) is 0 Å². The summed E-state index contributed by atoms with van der Waals surface area (Å²) in [5.41, 5.74) is 5.47. The first-order valence-corrected chi connectivity index (χ1v) is 6.68. The third kappa shape index (κ3) is 7.96. The molecule has 0 aliphatic carbocycles. The van der Waals surface area contributed by atoms with Gasteiger partial charge in [0, 0.05) is 25.5 Å². The van der Waals surface area contributed by atoms with Crippen LogP contribution < -0.4 is 11.1 Å². The minimum atomic E-state index is -0.0101. The van der Waals surface area contributed by atoms with E-state index in [1.54, 1.807) is 18.9 Å². The highest BCUT2D eigenvalue weighted by atomic mass is 32.2. The monoisotopic (exact) mass is 248 g/mol. The van der Waals surface area contributed by atoms with Crippen LogP contribution in [0.25, 0.3) is 0 Å². The molecule has 2 unspecified atom stereocenters. The van der Waals surface area contributed by atoms with Crippen molar-refractivity contribution in [1.29, 1.82) is 0 Å². The lowest BCUT2D eigenvalue weighted by atomic mass is 10.3. The SMILES string of the molecule is COCCCNC(=O)C(C)SC(C)CCN. The number of carbonyl (C=O) groups excluding carboxylic acids is 1. The Labute approximate surface area is 103 Å². The van der Waals surface area contributed by atoms with E-state index in [1.165, 1.54) is 0 Å². The average molecular weight is 248 g/mol. The normalized spacial score (nSPS) is 14.5. The van der Waals surface area contributed by atoms with Gasteiger partial charge in [-0.1, -0.05) is 6.92 Å². The first-order valence-electron chi connectivity index (χ1n) is 5.74. The predicted molar refractivity (Wildman–Crippen MR) is 69.7 cm³/mol. The maximum Gasteiger partial charge on any atom is 0.232 e. The summed E-state index contributed by atoms with van der Waals surface area (Å²) >= 11 is 1.67. The first kappa shape index (κ1) is 15.7. The van der Waals surface area contributed by atoms with Gasteiger partial charge in [-0.3, -0.25) is 4.79 Å². The summed E-state index contributed by atoms with van der Waals surface area (Å²) in [7, 11) is 1.66. The van der Waals surface area contributed by atoms with Crippen molar-refractivity contribution in [3.63, 3.8) is 0 Å². The molecular weight excluding hydrogens is 224 g/mol. The van der Waals surface area contributed by atoms with Crippen LogP contribution in [0.4, 0.5) is 0 Å². The molecular formula is C11H24N2O2S. The van der Waals surface area contributed by atoms with Crippen molar-refractivity contribution in [3.05, 3.63) is 0 Å². The molecule has 4 nitrogen and oxygen atoms in total. The maximum atomic E-state index is 11.6. The second kappa shape index (κ2) is 9.93.